The van der Waals surface area contributed by atoms with E-state index >= 15 is 0 Å². The summed E-state index contributed by atoms with van der Waals surface area (Å²) >= 11 is 0. The minimum Gasteiger partial charge on any atom is -0.255 e. The van der Waals surface area contributed by atoms with Gasteiger partial charge in [-0.15, -0.1) is 5.10 Å². The summed E-state index contributed by atoms with van der Waals surface area (Å²) in [5, 5.41) is 7.55. The van der Waals surface area contributed by atoms with Gasteiger partial charge in [-0.25, -0.2) is 0 Å². The van der Waals surface area contributed by atoms with E-state index in [0.29, 0.717) is 12.2 Å². The van der Waals surface area contributed by atoms with Gasteiger partial charge in [0.1, 0.15) is 0 Å². The third-order valence-corrected chi connectivity index (χ3v) is 2.38. The highest BCUT2D eigenvalue weighted by Crippen LogP contribution is 1.96. The monoisotopic (exact) mass is 188 g/mol. The van der Waals surface area contributed by atoms with Gasteiger partial charge in [0.05, 0.1) is 5.69 Å². The molecule has 0 bridgehead atoms. The molecule has 12 heavy (non-hydrogen) atoms. The van der Waals surface area contributed by atoms with Crippen LogP contribution in [-0.4, -0.2) is 31.2 Å². The standard InChI is InChI=1S/C6H12N4OS/c1-10-5-6(8-9-10)3-4-12(2,7)11/h5,7H,3-4H2,1-2H3. The summed E-state index contributed by atoms with van der Waals surface area (Å²) in [6.07, 6.45) is 3.77. The highest BCUT2D eigenvalue weighted by Gasteiger charge is 2.02. The summed E-state index contributed by atoms with van der Waals surface area (Å²) in [7, 11) is -0.612. The number of hydrogen-bond donors (Lipinski definition) is 1. The first-order valence-corrected chi connectivity index (χ1v) is 5.67. The molecule has 0 spiro atoms. The molecule has 1 rings (SSSR count). The van der Waals surface area contributed by atoms with Crippen LogP contribution < -0.4 is 0 Å². The van der Waals surface area contributed by atoms with E-state index in [1.165, 1.54) is 6.26 Å². The van der Waals surface area contributed by atoms with Crippen LogP contribution in [0.25, 0.3) is 0 Å². The third kappa shape index (κ3) is 3.00. The molecule has 1 aromatic heterocycles. The normalized spacial score (nSPS) is 15.8. The largest absolute Gasteiger partial charge is 0.255 e. The van der Waals surface area contributed by atoms with Crippen LogP contribution >= 0.6 is 0 Å². The number of aryl methyl sites for hydroxylation is 2. The lowest BCUT2D eigenvalue weighted by Gasteiger charge is -1.95. The molecular formula is C6H12N4OS. The molecule has 0 radical (unpaired) electrons. The fourth-order valence-electron chi connectivity index (χ4n) is 0.809. The van der Waals surface area contributed by atoms with Crippen LogP contribution in [0.2, 0.25) is 0 Å². The van der Waals surface area contributed by atoms with E-state index in [1.54, 1.807) is 17.9 Å². The molecule has 5 nitrogen and oxygen atoms in total. The lowest BCUT2D eigenvalue weighted by Crippen LogP contribution is -2.04. The van der Waals surface area contributed by atoms with Crippen molar-refractivity contribution in [1.82, 2.24) is 15.0 Å². The second kappa shape index (κ2) is 3.22. The van der Waals surface area contributed by atoms with Crippen LogP contribution in [0, 0.1) is 4.78 Å². The Morgan fingerprint density at radius 1 is 1.75 bits per heavy atom. The number of nitrogens with zero attached hydrogens (tertiary/aromatic N) is 3. The summed E-state index contributed by atoms with van der Waals surface area (Å²) in [5.41, 5.74) is 0.791. The molecule has 1 unspecified atom stereocenters. The second-order valence-corrected chi connectivity index (χ2v) is 5.26. The summed E-state index contributed by atoms with van der Waals surface area (Å²) in [6, 6.07) is 0. The minimum absolute atomic E-state index is 0.353. The molecule has 0 aliphatic rings. The van der Waals surface area contributed by atoms with Crippen molar-refractivity contribution < 1.29 is 4.21 Å². The van der Waals surface area contributed by atoms with Crippen molar-refractivity contribution in [2.45, 2.75) is 6.42 Å². The zero-order chi connectivity index (χ0) is 9.19. The molecule has 68 valence electrons. The molecule has 0 aliphatic carbocycles. The van der Waals surface area contributed by atoms with Crippen LogP contribution in [0.3, 0.4) is 0 Å². The Balaban J connectivity index is 2.55. The predicted molar refractivity (Wildman–Crippen MR) is 46.4 cm³/mol. The highest BCUT2D eigenvalue weighted by molar-refractivity contribution is 7.91. The molecular weight excluding hydrogens is 176 g/mol. The Morgan fingerprint density at radius 3 is 2.83 bits per heavy atom. The summed E-state index contributed by atoms with van der Waals surface area (Å²) in [5.74, 6) is 0.353. The Bertz CT molecular complexity index is 353. The zero-order valence-electron chi connectivity index (χ0n) is 7.15. The topological polar surface area (TPSA) is 71.6 Å². The minimum atomic E-state index is -2.39. The van der Waals surface area contributed by atoms with Crippen molar-refractivity contribution in [3.63, 3.8) is 0 Å². The van der Waals surface area contributed by atoms with Crippen molar-refractivity contribution in [2.75, 3.05) is 12.0 Å². The van der Waals surface area contributed by atoms with E-state index in [-0.39, 0.29) is 0 Å². The zero-order valence-corrected chi connectivity index (χ0v) is 7.97. The molecule has 1 aromatic rings. The molecule has 1 N–H and O–H groups in total. The Morgan fingerprint density at radius 2 is 2.42 bits per heavy atom. The van der Waals surface area contributed by atoms with Crippen LogP contribution in [0.15, 0.2) is 6.20 Å². The van der Waals surface area contributed by atoms with Crippen molar-refractivity contribution >= 4 is 9.73 Å². The second-order valence-electron chi connectivity index (χ2n) is 2.84. The van der Waals surface area contributed by atoms with Gasteiger partial charge < -0.3 is 0 Å². The molecule has 1 atom stereocenters. The van der Waals surface area contributed by atoms with Gasteiger partial charge in [-0.05, 0) is 0 Å². The van der Waals surface area contributed by atoms with Gasteiger partial charge in [0.25, 0.3) is 0 Å². The quantitative estimate of drug-likeness (QED) is 0.727. The van der Waals surface area contributed by atoms with Gasteiger partial charge in [-0.3, -0.25) is 13.7 Å². The van der Waals surface area contributed by atoms with Crippen LogP contribution in [0.1, 0.15) is 5.69 Å². The lowest BCUT2D eigenvalue weighted by atomic mass is 10.4. The Kier molecular flexibility index (Phi) is 2.46. The summed E-state index contributed by atoms with van der Waals surface area (Å²) in [6.45, 7) is 0. The van der Waals surface area contributed by atoms with Gasteiger partial charge >= 0.3 is 0 Å². The van der Waals surface area contributed by atoms with Crippen LogP contribution in [-0.2, 0) is 23.2 Å². The summed E-state index contributed by atoms with van der Waals surface area (Å²) in [4.78, 5) is 0. The first-order valence-electron chi connectivity index (χ1n) is 3.54. The molecule has 6 heteroatoms. The first-order chi connectivity index (χ1) is 5.47. The summed E-state index contributed by atoms with van der Waals surface area (Å²) < 4.78 is 19.7. The van der Waals surface area contributed by atoms with Crippen molar-refractivity contribution in [2.24, 2.45) is 7.05 Å². The maximum absolute atomic E-state index is 11.0. The highest BCUT2D eigenvalue weighted by atomic mass is 32.2. The van der Waals surface area contributed by atoms with E-state index in [2.05, 4.69) is 10.3 Å². The van der Waals surface area contributed by atoms with Crippen molar-refractivity contribution in [3.8, 4) is 0 Å². The molecule has 0 fully saturated rings. The fourth-order valence-corrected chi connectivity index (χ4v) is 1.41. The number of aromatic nitrogens is 3. The van der Waals surface area contributed by atoms with Crippen molar-refractivity contribution in [3.05, 3.63) is 11.9 Å². The van der Waals surface area contributed by atoms with Crippen LogP contribution in [0.4, 0.5) is 0 Å². The Hall–Kier alpha value is -0.910. The van der Waals surface area contributed by atoms with E-state index in [0.717, 1.165) is 5.69 Å². The Labute approximate surface area is 71.8 Å². The van der Waals surface area contributed by atoms with Crippen LogP contribution in [0.5, 0.6) is 0 Å². The molecule has 0 amide bonds. The lowest BCUT2D eigenvalue weighted by molar-refractivity contribution is 0.677. The van der Waals surface area contributed by atoms with Gasteiger partial charge in [0, 0.05) is 41.4 Å². The van der Waals surface area contributed by atoms with Gasteiger partial charge in [0.15, 0.2) is 0 Å². The van der Waals surface area contributed by atoms with E-state index < -0.39 is 9.73 Å². The molecule has 0 saturated heterocycles. The average molecular weight is 188 g/mol. The molecule has 1 heterocycles. The molecule has 0 aliphatic heterocycles. The maximum Gasteiger partial charge on any atom is 0.0836 e. The SMILES string of the molecule is Cn1cc(CCS(C)(=N)=O)nn1. The maximum atomic E-state index is 11.0. The smallest absolute Gasteiger partial charge is 0.0836 e. The average Bonchev–Trinajstić information content (AvgIpc) is 2.30. The third-order valence-electron chi connectivity index (χ3n) is 1.40. The van der Waals surface area contributed by atoms with E-state index in [4.69, 9.17) is 4.78 Å². The van der Waals surface area contributed by atoms with Gasteiger partial charge in [-0.1, -0.05) is 5.21 Å². The molecule has 0 saturated carbocycles. The molecule has 0 aromatic carbocycles. The number of hydrogen-bond acceptors (Lipinski definition) is 4. The number of rotatable bonds is 3. The van der Waals surface area contributed by atoms with Gasteiger partial charge in [-0.2, -0.15) is 0 Å². The van der Waals surface area contributed by atoms with E-state index in [9.17, 15) is 4.21 Å². The van der Waals surface area contributed by atoms with E-state index in [1.807, 2.05) is 0 Å². The van der Waals surface area contributed by atoms with Gasteiger partial charge in [0.2, 0.25) is 0 Å². The van der Waals surface area contributed by atoms with Crippen molar-refractivity contribution in [1.29, 1.82) is 4.78 Å². The predicted octanol–water partition coefficient (Wildman–Crippen LogP) is 0.0342. The first kappa shape index (κ1) is 9.18. The number of nitrogens with one attached hydrogen (secondary N) is 1. The fraction of sp³-hybridized carbons (Fsp3) is 0.667.